The van der Waals surface area contributed by atoms with Gasteiger partial charge >= 0.3 is 0 Å². The van der Waals surface area contributed by atoms with Gasteiger partial charge in [-0.15, -0.1) is 0 Å². The molecule has 0 fully saturated rings. The van der Waals surface area contributed by atoms with Crippen LogP contribution in [0.25, 0.3) is 0 Å². The summed E-state index contributed by atoms with van der Waals surface area (Å²) in [7, 11) is 13.4. The zero-order chi connectivity index (χ0) is 16.9. The van der Waals surface area contributed by atoms with Crippen LogP contribution in [0.3, 0.4) is 0 Å². The molecule has 0 amide bonds. The predicted octanol–water partition coefficient (Wildman–Crippen LogP) is 2.77. The molecule has 134 valence electrons. The van der Waals surface area contributed by atoms with Crippen molar-refractivity contribution in [2.75, 3.05) is 39.9 Å². The quantitative estimate of drug-likeness (QED) is 0.173. The van der Waals surface area contributed by atoms with E-state index in [0.29, 0.717) is 0 Å². The third-order valence-electron chi connectivity index (χ3n) is 3.43. The topological polar surface area (TPSA) is 36.9 Å². The molecule has 4 nitrogen and oxygen atoms in total. The highest BCUT2D eigenvalue weighted by Crippen LogP contribution is 2.45. The first-order valence-corrected chi connectivity index (χ1v) is 15.9. The average Bonchev–Trinajstić information content (AvgIpc) is 2.56. The molecule has 0 unspecified atom stereocenters. The molecule has 0 aromatic heterocycles. The lowest BCUT2D eigenvalue weighted by Crippen LogP contribution is -2.42. The first-order valence-electron chi connectivity index (χ1n) is 7.36. The van der Waals surface area contributed by atoms with Gasteiger partial charge in [0.1, 0.15) is 0 Å². The fourth-order valence-corrected chi connectivity index (χ4v) is 13.3. The van der Waals surface area contributed by atoms with Gasteiger partial charge in [-0.3, -0.25) is 0 Å². The van der Waals surface area contributed by atoms with Crippen molar-refractivity contribution >= 4 is 60.3 Å². The SMILES string of the molecule is CC[SiH2]C(CSSSSCC(OC)(OC)[SiH2]CC)(OC)OC. The van der Waals surface area contributed by atoms with Gasteiger partial charge in [0.05, 0.1) is 30.5 Å². The van der Waals surface area contributed by atoms with Crippen LogP contribution in [0, 0.1) is 0 Å². The molecule has 0 rings (SSSR count). The lowest BCUT2D eigenvalue weighted by atomic mass is 10.7. The van der Waals surface area contributed by atoms with E-state index in [1.54, 1.807) is 69.7 Å². The smallest absolute Gasteiger partial charge is 0.153 e. The molecule has 22 heavy (non-hydrogen) atoms. The molecular weight excluding hydrogens is 393 g/mol. The van der Waals surface area contributed by atoms with Gasteiger partial charge in [-0.25, -0.2) is 0 Å². The summed E-state index contributed by atoms with van der Waals surface area (Å²) in [5, 5.41) is 0. The van der Waals surface area contributed by atoms with E-state index < -0.39 is 0 Å². The zero-order valence-electron chi connectivity index (χ0n) is 14.5. The van der Waals surface area contributed by atoms with Crippen molar-refractivity contribution in [3.8, 4) is 0 Å². The summed E-state index contributed by atoms with van der Waals surface area (Å²) in [6, 6.07) is 2.36. The molecule has 10 heteroatoms. The van der Waals surface area contributed by atoms with E-state index >= 15 is 0 Å². The van der Waals surface area contributed by atoms with Crippen LogP contribution in [0.1, 0.15) is 13.8 Å². The lowest BCUT2D eigenvalue weighted by molar-refractivity contribution is -0.127. The van der Waals surface area contributed by atoms with Crippen molar-refractivity contribution in [2.45, 2.75) is 36.8 Å². The highest BCUT2D eigenvalue weighted by molar-refractivity contribution is 9.26. The molecule has 0 saturated carbocycles. The van der Waals surface area contributed by atoms with E-state index in [-0.39, 0.29) is 29.9 Å². The lowest BCUT2D eigenvalue weighted by Gasteiger charge is -2.30. The second-order valence-electron chi connectivity index (χ2n) is 4.80. The van der Waals surface area contributed by atoms with Gasteiger partial charge in [-0.1, -0.05) is 47.5 Å². The highest BCUT2D eigenvalue weighted by Gasteiger charge is 2.30. The Hall–Kier alpha value is 1.67. The number of ether oxygens (including phenoxy) is 4. The summed E-state index contributed by atoms with van der Waals surface area (Å²) in [4.78, 5) is 0. The van der Waals surface area contributed by atoms with Gasteiger partial charge in [-0.2, -0.15) is 0 Å². The van der Waals surface area contributed by atoms with Gasteiger partial charge in [0, 0.05) is 28.4 Å². The van der Waals surface area contributed by atoms with Crippen LogP contribution in [0.15, 0.2) is 0 Å². The third kappa shape index (κ3) is 8.68. The fraction of sp³-hybridized carbons (Fsp3) is 1.00. The molecule has 0 aliphatic carbocycles. The number of hydrogen-bond donors (Lipinski definition) is 0. The second kappa shape index (κ2) is 13.9. The summed E-state index contributed by atoms with van der Waals surface area (Å²) in [6.45, 7) is 4.41. The standard InChI is InChI=1S/C12H30O4S4Si2/c1-7-21-11(13-3,14-4)9-17-19-20-18-10-12(15-5,16-6)22-8-2/h7-10,21-22H2,1-6H3. The molecule has 0 aliphatic heterocycles. The van der Waals surface area contributed by atoms with Crippen molar-refractivity contribution in [1.29, 1.82) is 0 Å². The average molecular weight is 423 g/mol. The molecule has 0 aliphatic rings. The van der Waals surface area contributed by atoms with E-state index in [0.717, 1.165) is 11.5 Å². The van der Waals surface area contributed by atoms with Crippen LogP contribution in [-0.4, -0.2) is 69.8 Å². The maximum atomic E-state index is 5.61. The Labute approximate surface area is 155 Å². The molecule has 0 aromatic rings. The van der Waals surface area contributed by atoms with Crippen LogP contribution in [-0.2, 0) is 18.9 Å². The van der Waals surface area contributed by atoms with E-state index in [4.69, 9.17) is 18.9 Å². The van der Waals surface area contributed by atoms with E-state index in [1.807, 2.05) is 0 Å². The minimum Gasteiger partial charge on any atom is -0.357 e. The maximum absolute atomic E-state index is 5.61. The number of methoxy groups -OCH3 is 4. The van der Waals surface area contributed by atoms with Crippen LogP contribution >= 0.6 is 41.2 Å². The molecule has 0 bridgehead atoms. The van der Waals surface area contributed by atoms with Crippen LogP contribution in [0.5, 0.6) is 0 Å². The molecule has 0 aromatic carbocycles. The van der Waals surface area contributed by atoms with Gasteiger partial charge in [0.2, 0.25) is 0 Å². The van der Waals surface area contributed by atoms with Gasteiger partial charge in [0.25, 0.3) is 0 Å². The Morgan fingerprint density at radius 3 is 1.23 bits per heavy atom. The van der Waals surface area contributed by atoms with E-state index in [9.17, 15) is 0 Å². The van der Waals surface area contributed by atoms with Crippen molar-refractivity contribution in [3.63, 3.8) is 0 Å². The Balaban J connectivity index is 4.01. The predicted molar refractivity (Wildman–Crippen MR) is 112 cm³/mol. The summed E-state index contributed by atoms with van der Waals surface area (Å²) >= 11 is 0. The van der Waals surface area contributed by atoms with Gasteiger partial charge < -0.3 is 18.9 Å². The van der Waals surface area contributed by atoms with Gasteiger partial charge in [-0.05, 0) is 19.7 Å². The minimum atomic E-state index is -0.377. The molecular formula is C12H30O4S4Si2. The molecule has 0 saturated heterocycles. The summed E-state index contributed by atoms with van der Waals surface area (Å²) in [5.74, 6) is 1.75. The van der Waals surface area contributed by atoms with Crippen LogP contribution in [0.2, 0.25) is 12.1 Å². The Morgan fingerprint density at radius 1 is 0.682 bits per heavy atom. The molecule has 0 atom stereocenters. The van der Waals surface area contributed by atoms with E-state index in [2.05, 4.69) is 13.8 Å². The number of hydrogen-bond acceptors (Lipinski definition) is 8. The van der Waals surface area contributed by atoms with Crippen molar-refractivity contribution in [1.82, 2.24) is 0 Å². The molecule has 0 spiro atoms. The zero-order valence-corrected chi connectivity index (χ0v) is 20.6. The van der Waals surface area contributed by atoms with Crippen molar-refractivity contribution in [2.24, 2.45) is 0 Å². The molecule has 0 heterocycles. The summed E-state index contributed by atoms with van der Waals surface area (Å²) < 4.78 is 22.4. The monoisotopic (exact) mass is 422 g/mol. The highest BCUT2D eigenvalue weighted by atomic mass is 33.7. The third-order valence-corrected chi connectivity index (χ3v) is 14.9. The van der Waals surface area contributed by atoms with E-state index in [1.165, 1.54) is 12.1 Å². The summed E-state index contributed by atoms with van der Waals surface area (Å²) in [6.07, 6.45) is 0. The maximum Gasteiger partial charge on any atom is 0.153 e. The number of rotatable bonds is 15. The first kappa shape index (κ1) is 23.7. The largest absolute Gasteiger partial charge is 0.357 e. The van der Waals surface area contributed by atoms with Gasteiger partial charge in [0.15, 0.2) is 10.8 Å². The van der Waals surface area contributed by atoms with Crippen LogP contribution in [0.4, 0.5) is 0 Å². The molecule has 0 N–H and O–H groups in total. The van der Waals surface area contributed by atoms with Crippen molar-refractivity contribution in [3.05, 3.63) is 0 Å². The van der Waals surface area contributed by atoms with Crippen molar-refractivity contribution < 1.29 is 18.9 Å². The minimum absolute atomic E-state index is 0.324. The normalized spacial score (nSPS) is 13.9. The van der Waals surface area contributed by atoms with Crippen LogP contribution < -0.4 is 0 Å². The Kier molecular flexibility index (Phi) is 15.0. The second-order valence-corrected chi connectivity index (χ2v) is 16.0. The summed E-state index contributed by atoms with van der Waals surface area (Å²) in [5.41, 5.74) is -0.648. The molecule has 0 radical (unpaired) electrons. The fourth-order valence-electron chi connectivity index (χ4n) is 1.98. The Morgan fingerprint density at radius 2 is 1.00 bits per heavy atom. The Bertz CT molecular complexity index is 244. The first-order chi connectivity index (χ1) is 10.6.